The summed E-state index contributed by atoms with van der Waals surface area (Å²) in [7, 11) is 3.15. The molecule has 0 bridgehead atoms. The smallest absolute Gasteiger partial charge is 0.263 e. The highest BCUT2D eigenvalue weighted by Crippen LogP contribution is 2.29. The van der Waals surface area contributed by atoms with Gasteiger partial charge in [0.2, 0.25) is 0 Å². The van der Waals surface area contributed by atoms with Gasteiger partial charge in [0.25, 0.3) is 6.43 Å². The molecule has 0 radical (unpaired) electrons. The van der Waals surface area contributed by atoms with E-state index in [1.165, 1.54) is 12.1 Å². The molecule has 5 heteroatoms. The van der Waals surface area contributed by atoms with Crippen molar-refractivity contribution in [3.63, 3.8) is 0 Å². The molecule has 21 heavy (non-hydrogen) atoms. The van der Waals surface area contributed by atoms with Gasteiger partial charge < -0.3 is 14.8 Å². The second-order valence-electron chi connectivity index (χ2n) is 4.47. The van der Waals surface area contributed by atoms with Crippen molar-refractivity contribution in [3.8, 4) is 11.5 Å². The molecule has 0 amide bonds. The first-order chi connectivity index (χ1) is 10.1. The van der Waals surface area contributed by atoms with E-state index >= 15 is 0 Å². The van der Waals surface area contributed by atoms with Crippen LogP contribution in [0, 0.1) is 0 Å². The molecule has 0 saturated heterocycles. The van der Waals surface area contributed by atoms with E-state index < -0.39 is 6.43 Å². The molecule has 0 aliphatic carbocycles. The Labute approximate surface area is 122 Å². The molecular formula is C16H17F2NO2. The minimum Gasteiger partial charge on any atom is -0.497 e. The fraction of sp³-hybridized carbons (Fsp3) is 0.250. The van der Waals surface area contributed by atoms with E-state index in [9.17, 15) is 8.78 Å². The Hall–Kier alpha value is -2.30. The highest BCUT2D eigenvalue weighted by molar-refractivity contribution is 5.60. The number of rotatable bonds is 6. The Bertz CT molecular complexity index is 603. The van der Waals surface area contributed by atoms with Crippen LogP contribution in [-0.2, 0) is 6.54 Å². The van der Waals surface area contributed by atoms with Crippen molar-refractivity contribution in [2.24, 2.45) is 0 Å². The van der Waals surface area contributed by atoms with Gasteiger partial charge in [-0.05, 0) is 23.8 Å². The number of nitrogens with one attached hydrogen (secondary N) is 1. The molecule has 0 unspecified atom stereocenters. The molecule has 3 nitrogen and oxygen atoms in total. The first-order valence-corrected chi connectivity index (χ1v) is 6.47. The largest absolute Gasteiger partial charge is 0.497 e. The third-order valence-electron chi connectivity index (χ3n) is 3.09. The Morgan fingerprint density at radius 3 is 2.52 bits per heavy atom. The van der Waals surface area contributed by atoms with Gasteiger partial charge in [-0.2, -0.15) is 0 Å². The summed E-state index contributed by atoms with van der Waals surface area (Å²) in [4.78, 5) is 0. The van der Waals surface area contributed by atoms with Gasteiger partial charge in [-0.1, -0.05) is 18.2 Å². The Balaban J connectivity index is 2.14. The third-order valence-corrected chi connectivity index (χ3v) is 3.09. The van der Waals surface area contributed by atoms with Crippen molar-refractivity contribution in [2.75, 3.05) is 19.5 Å². The second-order valence-corrected chi connectivity index (χ2v) is 4.47. The van der Waals surface area contributed by atoms with Crippen LogP contribution in [0.5, 0.6) is 11.5 Å². The molecule has 0 aliphatic heterocycles. The topological polar surface area (TPSA) is 30.5 Å². The molecule has 1 N–H and O–H groups in total. The summed E-state index contributed by atoms with van der Waals surface area (Å²) in [5, 5.41) is 3.17. The maximum atomic E-state index is 12.7. The number of hydrogen-bond acceptors (Lipinski definition) is 3. The molecule has 0 aromatic heterocycles. The normalized spacial score (nSPS) is 10.5. The zero-order valence-electron chi connectivity index (χ0n) is 11.9. The molecule has 0 spiro atoms. The lowest BCUT2D eigenvalue weighted by Crippen LogP contribution is -2.02. The number of methoxy groups -OCH3 is 2. The first-order valence-electron chi connectivity index (χ1n) is 6.47. The van der Waals surface area contributed by atoms with Crippen molar-refractivity contribution in [1.29, 1.82) is 0 Å². The minimum atomic E-state index is -2.46. The van der Waals surface area contributed by atoms with Crippen LogP contribution < -0.4 is 14.8 Å². The molecule has 112 valence electrons. The highest BCUT2D eigenvalue weighted by Gasteiger charge is 2.08. The van der Waals surface area contributed by atoms with Crippen LogP contribution in [0.15, 0.2) is 42.5 Å². The lowest BCUT2D eigenvalue weighted by atomic mass is 10.1. The van der Waals surface area contributed by atoms with Crippen molar-refractivity contribution in [3.05, 3.63) is 53.6 Å². The van der Waals surface area contributed by atoms with Crippen LogP contribution in [-0.4, -0.2) is 14.2 Å². The predicted molar refractivity (Wildman–Crippen MR) is 78.3 cm³/mol. The minimum absolute atomic E-state index is 0.0203. The predicted octanol–water partition coefficient (Wildman–Crippen LogP) is 4.25. The average Bonchev–Trinajstić information content (AvgIpc) is 2.52. The monoisotopic (exact) mass is 293 g/mol. The first kappa shape index (κ1) is 15.1. The Kier molecular flexibility index (Phi) is 4.98. The number of halogens is 2. The average molecular weight is 293 g/mol. The van der Waals surface area contributed by atoms with Gasteiger partial charge in [0.1, 0.15) is 11.5 Å². The van der Waals surface area contributed by atoms with Crippen LogP contribution >= 0.6 is 0 Å². The maximum absolute atomic E-state index is 12.7. The fourth-order valence-corrected chi connectivity index (χ4v) is 1.99. The molecular weight excluding hydrogens is 276 g/mol. The summed E-state index contributed by atoms with van der Waals surface area (Å²) in [5.41, 5.74) is 1.55. The molecule has 0 fully saturated rings. The van der Waals surface area contributed by atoms with Gasteiger partial charge in [0.15, 0.2) is 0 Å². The molecule has 0 atom stereocenters. The van der Waals surface area contributed by atoms with Crippen LogP contribution in [0.4, 0.5) is 14.5 Å². The zero-order chi connectivity index (χ0) is 15.2. The van der Waals surface area contributed by atoms with E-state index in [1.54, 1.807) is 44.6 Å². The fourth-order valence-electron chi connectivity index (χ4n) is 1.99. The summed E-state index contributed by atoms with van der Waals surface area (Å²) in [6.07, 6.45) is -2.46. The van der Waals surface area contributed by atoms with Crippen LogP contribution in [0.25, 0.3) is 0 Å². The van der Waals surface area contributed by atoms with Crippen molar-refractivity contribution < 1.29 is 18.3 Å². The van der Waals surface area contributed by atoms with E-state index in [2.05, 4.69) is 5.32 Å². The van der Waals surface area contributed by atoms with Crippen molar-refractivity contribution in [2.45, 2.75) is 13.0 Å². The maximum Gasteiger partial charge on any atom is 0.263 e. The Morgan fingerprint density at radius 1 is 1.05 bits per heavy atom. The van der Waals surface area contributed by atoms with Gasteiger partial charge in [-0.25, -0.2) is 8.78 Å². The zero-order valence-corrected chi connectivity index (χ0v) is 11.9. The molecule has 0 saturated carbocycles. The van der Waals surface area contributed by atoms with Crippen molar-refractivity contribution >= 4 is 5.69 Å². The van der Waals surface area contributed by atoms with Gasteiger partial charge in [0.05, 0.1) is 19.9 Å². The van der Waals surface area contributed by atoms with Crippen LogP contribution in [0.2, 0.25) is 0 Å². The second kappa shape index (κ2) is 6.92. The number of hydrogen-bond donors (Lipinski definition) is 1. The van der Waals surface area contributed by atoms with E-state index in [0.717, 1.165) is 11.3 Å². The molecule has 2 rings (SSSR count). The Morgan fingerprint density at radius 2 is 1.86 bits per heavy atom. The molecule has 0 heterocycles. The molecule has 2 aromatic rings. The lowest BCUT2D eigenvalue weighted by Gasteiger charge is -2.13. The number of ether oxygens (including phenoxy) is 2. The van der Waals surface area contributed by atoms with Gasteiger partial charge in [-0.3, -0.25) is 0 Å². The summed E-state index contributed by atoms with van der Waals surface area (Å²) in [6, 6.07) is 11.7. The molecule has 0 aliphatic rings. The SMILES string of the molecule is COc1ccc(OC)c(NCc2cccc(C(F)F)c2)c1. The van der Waals surface area contributed by atoms with E-state index in [-0.39, 0.29) is 5.56 Å². The summed E-state index contributed by atoms with van der Waals surface area (Å²) in [5.74, 6) is 1.36. The summed E-state index contributed by atoms with van der Waals surface area (Å²) < 4.78 is 35.8. The summed E-state index contributed by atoms with van der Waals surface area (Å²) in [6.45, 7) is 0.421. The number of anilines is 1. The van der Waals surface area contributed by atoms with Gasteiger partial charge >= 0.3 is 0 Å². The third kappa shape index (κ3) is 3.84. The summed E-state index contributed by atoms with van der Waals surface area (Å²) >= 11 is 0. The van der Waals surface area contributed by atoms with E-state index in [0.29, 0.717) is 18.0 Å². The number of benzene rings is 2. The van der Waals surface area contributed by atoms with Gasteiger partial charge in [-0.15, -0.1) is 0 Å². The van der Waals surface area contributed by atoms with Gasteiger partial charge in [0, 0.05) is 18.2 Å². The highest BCUT2D eigenvalue weighted by atomic mass is 19.3. The van der Waals surface area contributed by atoms with Crippen LogP contribution in [0.1, 0.15) is 17.6 Å². The van der Waals surface area contributed by atoms with Crippen molar-refractivity contribution in [1.82, 2.24) is 0 Å². The van der Waals surface area contributed by atoms with Crippen LogP contribution in [0.3, 0.4) is 0 Å². The number of alkyl halides is 2. The van der Waals surface area contributed by atoms with E-state index in [4.69, 9.17) is 9.47 Å². The standard InChI is InChI=1S/C16H17F2NO2/c1-20-13-6-7-15(21-2)14(9-13)19-10-11-4-3-5-12(8-11)16(17)18/h3-9,16,19H,10H2,1-2H3. The molecule has 2 aromatic carbocycles. The lowest BCUT2D eigenvalue weighted by molar-refractivity contribution is 0.151. The quantitative estimate of drug-likeness (QED) is 0.863. The van der Waals surface area contributed by atoms with E-state index in [1.807, 2.05) is 0 Å².